The Balaban J connectivity index is 0.00000169. The van der Waals surface area contributed by atoms with Gasteiger partial charge in [0.15, 0.2) is 12.4 Å². The second-order valence-electron chi connectivity index (χ2n) is 6.15. The second-order valence-corrected chi connectivity index (χ2v) is 6.15. The summed E-state index contributed by atoms with van der Waals surface area (Å²) in [5.74, 6) is 0.547. The number of anilines is 1. The summed E-state index contributed by atoms with van der Waals surface area (Å²) in [4.78, 5) is 0. The minimum Gasteiger partial charge on any atom is -1.00 e. The lowest BCUT2D eigenvalue weighted by Crippen LogP contribution is -3.00. The standard InChI is InChI=1S/C18H21N4O.ClH/c1-21-10-3-4-13(12-21)9-11-23-18-17(19)16-8-7-14-5-2-6-15(14)22(16)20-18;/h3-4,7-8,10,12H,2,5-6,9,11,19H2,1H3;1H/q+1;/p-1. The molecule has 0 bridgehead atoms. The highest BCUT2D eigenvalue weighted by Gasteiger charge is 2.19. The minimum atomic E-state index is 0. The first kappa shape index (κ1) is 16.6. The third-order valence-corrected chi connectivity index (χ3v) is 4.48. The molecule has 0 aliphatic heterocycles. The molecule has 4 rings (SSSR count). The van der Waals surface area contributed by atoms with Crippen LogP contribution in [0.25, 0.3) is 5.52 Å². The summed E-state index contributed by atoms with van der Waals surface area (Å²) in [6.07, 6.45) is 8.34. The van der Waals surface area contributed by atoms with Crippen LogP contribution in [0.1, 0.15) is 23.2 Å². The van der Waals surface area contributed by atoms with Crippen LogP contribution in [-0.4, -0.2) is 16.2 Å². The molecule has 0 amide bonds. The molecule has 0 unspecified atom stereocenters. The number of ether oxygens (including phenoxy) is 1. The van der Waals surface area contributed by atoms with Gasteiger partial charge in [-0.25, -0.2) is 9.08 Å². The van der Waals surface area contributed by atoms with Crippen molar-refractivity contribution < 1.29 is 21.7 Å². The van der Waals surface area contributed by atoms with E-state index in [1.54, 1.807) is 0 Å². The zero-order valence-electron chi connectivity index (χ0n) is 13.7. The smallest absolute Gasteiger partial charge is 0.257 e. The molecule has 0 saturated carbocycles. The maximum absolute atomic E-state index is 6.22. The average molecular weight is 345 g/mol. The fourth-order valence-corrected chi connectivity index (χ4v) is 3.31. The number of hydrogen-bond acceptors (Lipinski definition) is 3. The lowest BCUT2D eigenvalue weighted by molar-refractivity contribution is -0.671. The van der Waals surface area contributed by atoms with Gasteiger partial charge in [-0.2, -0.15) is 0 Å². The second kappa shape index (κ2) is 6.69. The monoisotopic (exact) mass is 344 g/mol. The number of aromatic nitrogens is 3. The van der Waals surface area contributed by atoms with Gasteiger partial charge in [-0.15, -0.1) is 5.10 Å². The molecule has 126 valence electrons. The van der Waals surface area contributed by atoms with E-state index in [9.17, 15) is 0 Å². The lowest BCUT2D eigenvalue weighted by atomic mass is 10.2. The van der Waals surface area contributed by atoms with Gasteiger partial charge in [0.05, 0.1) is 12.1 Å². The summed E-state index contributed by atoms with van der Waals surface area (Å²) in [7, 11) is 2.02. The number of nitrogens with two attached hydrogens (primary N) is 1. The highest BCUT2D eigenvalue weighted by atomic mass is 35.5. The van der Waals surface area contributed by atoms with Crippen molar-refractivity contribution in [3.63, 3.8) is 0 Å². The molecular weight excluding hydrogens is 324 g/mol. The van der Waals surface area contributed by atoms with E-state index in [0.29, 0.717) is 18.2 Å². The number of pyridine rings is 2. The normalized spacial score (nSPS) is 12.9. The van der Waals surface area contributed by atoms with E-state index in [1.165, 1.54) is 23.2 Å². The molecule has 24 heavy (non-hydrogen) atoms. The van der Waals surface area contributed by atoms with Gasteiger partial charge >= 0.3 is 0 Å². The van der Waals surface area contributed by atoms with Crippen molar-refractivity contribution in [2.45, 2.75) is 25.7 Å². The van der Waals surface area contributed by atoms with E-state index in [2.05, 4.69) is 29.5 Å². The highest BCUT2D eigenvalue weighted by molar-refractivity contribution is 5.75. The Morgan fingerprint density at radius 1 is 1.29 bits per heavy atom. The first-order chi connectivity index (χ1) is 11.2. The molecule has 0 radical (unpaired) electrons. The van der Waals surface area contributed by atoms with E-state index in [4.69, 9.17) is 10.5 Å². The number of rotatable bonds is 4. The van der Waals surface area contributed by atoms with Gasteiger partial charge in [0, 0.05) is 23.7 Å². The third-order valence-electron chi connectivity index (χ3n) is 4.48. The zero-order valence-corrected chi connectivity index (χ0v) is 14.5. The molecule has 1 aliphatic rings. The SMILES string of the molecule is C[n+]1cccc(CCOc2nn3c4c(ccc3c2N)CCC4)c1.[Cl-]. The molecule has 0 saturated heterocycles. The summed E-state index contributed by atoms with van der Waals surface area (Å²) >= 11 is 0. The number of fused-ring (bicyclic) bond motifs is 3. The molecule has 0 fully saturated rings. The maximum Gasteiger partial charge on any atom is 0.257 e. The third kappa shape index (κ3) is 2.91. The molecule has 0 aromatic carbocycles. The highest BCUT2D eigenvalue weighted by Crippen LogP contribution is 2.30. The maximum atomic E-state index is 6.22. The van der Waals surface area contributed by atoms with E-state index in [-0.39, 0.29) is 12.4 Å². The van der Waals surface area contributed by atoms with E-state index in [0.717, 1.165) is 24.8 Å². The fourth-order valence-electron chi connectivity index (χ4n) is 3.31. The molecular formula is C18H21ClN4O. The van der Waals surface area contributed by atoms with Crippen LogP contribution in [0, 0.1) is 0 Å². The van der Waals surface area contributed by atoms with Crippen LogP contribution < -0.4 is 27.4 Å². The van der Waals surface area contributed by atoms with E-state index < -0.39 is 0 Å². The average Bonchev–Trinajstić information content (AvgIpc) is 3.13. The van der Waals surface area contributed by atoms with Gasteiger partial charge in [0.1, 0.15) is 12.7 Å². The van der Waals surface area contributed by atoms with E-state index >= 15 is 0 Å². The van der Waals surface area contributed by atoms with Crippen LogP contribution in [0.15, 0.2) is 36.7 Å². The lowest BCUT2D eigenvalue weighted by Gasteiger charge is -2.03. The van der Waals surface area contributed by atoms with Crippen molar-refractivity contribution in [3.8, 4) is 5.88 Å². The Bertz CT molecular complexity index is 875. The van der Waals surface area contributed by atoms with Gasteiger partial charge in [-0.3, -0.25) is 0 Å². The largest absolute Gasteiger partial charge is 1.00 e. The number of halogens is 1. The minimum absolute atomic E-state index is 0. The Morgan fingerprint density at radius 2 is 2.17 bits per heavy atom. The summed E-state index contributed by atoms with van der Waals surface area (Å²) in [6.45, 7) is 0.570. The predicted molar refractivity (Wildman–Crippen MR) is 88.4 cm³/mol. The number of nitrogen functional groups attached to an aromatic ring is 1. The van der Waals surface area contributed by atoms with Crippen molar-refractivity contribution in [1.29, 1.82) is 0 Å². The van der Waals surface area contributed by atoms with Gasteiger partial charge in [0.2, 0.25) is 0 Å². The molecule has 5 nitrogen and oxygen atoms in total. The van der Waals surface area contributed by atoms with Gasteiger partial charge in [-0.05, 0) is 37.0 Å². The molecule has 2 N–H and O–H groups in total. The first-order valence-corrected chi connectivity index (χ1v) is 8.08. The number of hydrogen-bond donors (Lipinski definition) is 1. The van der Waals surface area contributed by atoms with Gasteiger partial charge in [0.25, 0.3) is 5.88 Å². The van der Waals surface area contributed by atoms with Gasteiger partial charge in [-0.1, -0.05) is 6.07 Å². The summed E-state index contributed by atoms with van der Waals surface area (Å²) in [6, 6.07) is 8.36. The molecule has 0 spiro atoms. The van der Waals surface area contributed by atoms with Crippen molar-refractivity contribution >= 4 is 11.2 Å². The molecule has 0 atom stereocenters. The van der Waals surface area contributed by atoms with Crippen molar-refractivity contribution in [1.82, 2.24) is 9.61 Å². The van der Waals surface area contributed by atoms with Crippen LogP contribution >= 0.6 is 0 Å². The summed E-state index contributed by atoms with van der Waals surface area (Å²) < 4.78 is 9.87. The fraction of sp³-hybridized carbons (Fsp3) is 0.333. The molecule has 3 aromatic heterocycles. The Hall–Kier alpha value is -2.27. The Labute approximate surface area is 147 Å². The van der Waals surface area contributed by atoms with Crippen LogP contribution in [-0.2, 0) is 26.3 Å². The summed E-state index contributed by atoms with van der Waals surface area (Å²) in [5.41, 5.74) is 11.7. The number of aryl methyl sites for hydroxylation is 3. The molecule has 1 aliphatic carbocycles. The summed E-state index contributed by atoms with van der Waals surface area (Å²) in [5, 5.41) is 4.60. The Kier molecular flexibility index (Phi) is 4.62. The molecule has 6 heteroatoms. The van der Waals surface area contributed by atoms with Crippen LogP contribution in [0.4, 0.5) is 5.69 Å². The topological polar surface area (TPSA) is 56.4 Å². The van der Waals surface area contributed by atoms with Crippen molar-refractivity contribution in [3.05, 3.63) is 53.5 Å². The van der Waals surface area contributed by atoms with Crippen molar-refractivity contribution in [2.24, 2.45) is 7.05 Å². The molecule has 3 aromatic rings. The van der Waals surface area contributed by atoms with E-state index in [1.807, 2.05) is 28.4 Å². The number of nitrogens with zero attached hydrogens (tertiary/aromatic N) is 3. The predicted octanol–water partition coefficient (Wildman–Crippen LogP) is -1.14. The van der Waals surface area contributed by atoms with Crippen LogP contribution in [0.5, 0.6) is 5.88 Å². The van der Waals surface area contributed by atoms with Crippen LogP contribution in [0.2, 0.25) is 0 Å². The molecule has 3 heterocycles. The quantitative estimate of drug-likeness (QED) is 0.608. The van der Waals surface area contributed by atoms with Gasteiger partial charge < -0.3 is 22.9 Å². The van der Waals surface area contributed by atoms with Crippen molar-refractivity contribution in [2.75, 3.05) is 12.3 Å². The van der Waals surface area contributed by atoms with Crippen LogP contribution in [0.3, 0.4) is 0 Å². The first-order valence-electron chi connectivity index (χ1n) is 8.08. The zero-order chi connectivity index (χ0) is 15.8. The Morgan fingerprint density at radius 3 is 3.00 bits per heavy atom.